The number of carbonyl (C=O) groups excluding carboxylic acids is 1. The lowest BCUT2D eigenvalue weighted by Gasteiger charge is -2.05. The van der Waals surface area contributed by atoms with Gasteiger partial charge in [-0.05, 0) is 18.9 Å². The van der Waals surface area contributed by atoms with Gasteiger partial charge in [-0.15, -0.1) is 10.2 Å². The van der Waals surface area contributed by atoms with Crippen molar-refractivity contribution in [2.45, 2.75) is 43.1 Å². The van der Waals surface area contributed by atoms with Gasteiger partial charge in [-0.1, -0.05) is 18.2 Å². The second kappa shape index (κ2) is 6.31. The summed E-state index contributed by atoms with van der Waals surface area (Å²) in [6.07, 6.45) is 5.99. The summed E-state index contributed by atoms with van der Waals surface area (Å²) >= 11 is 1.57. The van der Waals surface area contributed by atoms with Crippen LogP contribution in [0, 0.1) is 0 Å². The molecule has 3 heterocycles. The van der Waals surface area contributed by atoms with Crippen LogP contribution in [0.2, 0.25) is 0 Å². The number of hydrogen-bond donors (Lipinski definition) is 2. The van der Waals surface area contributed by atoms with Gasteiger partial charge >= 0.3 is 0 Å². The van der Waals surface area contributed by atoms with E-state index < -0.39 is 0 Å². The van der Waals surface area contributed by atoms with Crippen molar-refractivity contribution < 1.29 is 9.21 Å². The Morgan fingerprint density at radius 1 is 1.43 bits per heavy atom. The quantitative estimate of drug-likeness (QED) is 0.384. The molecule has 0 saturated carbocycles. The molecule has 0 radical (unpaired) electrons. The predicted octanol–water partition coefficient (Wildman–Crippen LogP) is 1.49. The minimum Gasteiger partial charge on any atom is -0.468 e. The molecule has 2 aromatic heterocycles. The van der Waals surface area contributed by atoms with Crippen LogP contribution in [0.3, 0.4) is 0 Å². The van der Waals surface area contributed by atoms with Crippen molar-refractivity contribution in [2.24, 2.45) is 5.84 Å². The number of rotatable bonds is 4. The first kappa shape index (κ1) is 14.2. The van der Waals surface area contributed by atoms with E-state index >= 15 is 0 Å². The average molecular weight is 307 g/mol. The normalized spacial score (nSPS) is 14.5. The molecule has 8 heteroatoms. The summed E-state index contributed by atoms with van der Waals surface area (Å²) < 4.78 is 7.55. The second-order valence-corrected chi connectivity index (χ2v) is 5.87. The molecule has 0 bridgehead atoms. The summed E-state index contributed by atoms with van der Waals surface area (Å²) in [6, 6.07) is 1.69. The summed E-state index contributed by atoms with van der Waals surface area (Å²) in [5.41, 5.74) is 2.50. The zero-order chi connectivity index (χ0) is 14.7. The molecule has 1 amide bonds. The van der Waals surface area contributed by atoms with Gasteiger partial charge in [0.2, 0.25) is 0 Å². The summed E-state index contributed by atoms with van der Waals surface area (Å²) in [4.78, 5) is 11.4. The third-order valence-electron chi connectivity index (χ3n) is 3.47. The molecule has 0 spiro atoms. The Morgan fingerprint density at radius 2 is 2.33 bits per heavy atom. The predicted molar refractivity (Wildman–Crippen MR) is 77.5 cm³/mol. The van der Waals surface area contributed by atoms with Crippen LogP contribution in [0.5, 0.6) is 0 Å². The summed E-state index contributed by atoms with van der Waals surface area (Å²) in [6.45, 7) is 0.976. The van der Waals surface area contributed by atoms with E-state index in [2.05, 4.69) is 20.2 Å². The number of fused-ring (bicyclic) bond motifs is 1. The molecule has 7 nitrogen and oxygen atoms in total. The number of thioether (sulfide) groups is 1. The molecule has 21 heavy (non-hydrogen) atoms. The van der Waals surface area contributed by atoms with E-state index in [0.717, 1.165) is 23.9 Å². The molecule has 3 rings (SSSR count). The molecule has 1 aliphatic heterocycles. The number of amides is 1. The lowest BCUT2D eigenvalue weighted by molar-refractivity contribution is 0.0953. The zero-order valence-electron chi connectivity index (χ0n) is 11.5. The van der Waals surface area contributed by atoms with Gasteiger partial charge in [0, 0.05) is 13.0 Å². The van der Waals surface area contributed by atoms with Crippen LogP contribution in [0.1, 0.15) is 41.2 Å². The molecule has 0 atom stereocenters. The van der Waals surface area contributed by atoms with Crippen LogP contribution in [0.4, 0.5) is 0 Å². The summed E-state index contributed by atoms with van der Waals surface area (Å²) in [5, 5.41) is 9.41. The van der Waals surface area contributed by atoms with Gasteiger partial charge in [0.1, 0.15) is 17.8 Å². The van der Waals surface area contributed by atoms with E-state index in [4.69, 9.17) is 10.3 Å². The van der Waals surface area contributed by atoms with Gasteiger partial charge in [-0.25, -0.2) is 5.84 Å². The Balaban J connectivity index is 1.66. The lowest BCUT2D eigenvalue weighted by Crippen LogP contribution is -2.29. The fourth-order valence-corrected chi connectivity index (χ4v) is 3.23. The Hall–Kier alpha value is -1.80. The highest BCUT2D eigenvalue weighted by molar-refractivity contribution is 7.98. The number of nitrogen functional groups attached to an aromatic ring is 1. The SMILES string of the molecule is NNC(=O)c1coc(CSc2nnc3n2CCCCC3)c1. The van der Waals surface area contributed by atoms with Crippen LogP contribution in [-0.4, -0.2) is 20.7 Å². The van der Waals surface area contributed by atoms with Crippen molar-refractivity contribution in [3.63, 3.8) is 0 Å². The Kier molecular flexibility index (Phi) is 4.26. The second-order valence-electron chi connectivity index (χ2n) is 4.92. The molecule has 0 fully saturated rings. The number of hydrazine groups is 1. The number of nitrogens with one attached hydrogen (secondary N) is 1. The van der Waals surface area contributed by atoms with Crippen LogP contribution in [0.25, 0.3) is 0 Å². The number of nitrogens with two attached hydrogens (primary N) is 1. The topological polar surface area (TPSA) is 99.0 Å². The minimum atomic E-state index is -0.355. The molecule has 3 N–H and O–H groups in total. The molecule has 0 unspecified atom stereocenters. The average Bonchev–Trinajstić information content (AvgIpc) is 3.05. The Bertz CT molecular complexity index is 636. The number of furan rings is 1. The Morgan fingerprint density at radius 3 is 3.19 bits per heavy atom. The van der Waals surface area contributed by atoms with Crippen molar-refractivity contribution in [1.82, 2.24) is 20.2 Å². The maximum absolute atomic E-state index is 11.4. The Labute approximate surface area is 126 Å². The first-order valence-corrected chi connectivity index (χ1v) is 7.89. The fourth-order valence-electron chi connectivity index (χ4n) is 2.36. The highest BCUT2D eigenvalue weighted by atomic mass is 32.2. The van der Waals surface area contributed by atoms with Crippen molar-refractivity contribution in [1.29, 1.82) is 0 Å². The van der Waals surface area contributed by atoms with Crippen molar-refractivity contribution in [3.8, 4) is 0 Å². The molecule has 0 saturated heterocycles. The highest BCUT2D eigenvalue weighted by Gasteiger charge is 2.16. The molecular formula is C13H17N5O2S. The largest absolute Gasteiger partial charge is 0.468 e. The van der Waals surface area contributed by atoms with Crippen LogP contribution in [-0.2, 0) is 18.7 Å². The number of aromatic nitrogens is 3. The van der Waals surface area contributed by atoms with Crippen molar-refractivity contribution in [2.75, 3.05) is 0 Å². The fraction of sp³-hybridized carbons (Fsp3) is 0.462. The third-order valence-corrected chi connectivity index (χ3v) is 4.46. The van der Waals surface area contributed by atoms with Gasteiger partial charge < -0.3 is 8.98 Å². The monoisotopic (exact) mass is 307 g/mol. The van der Waals surface area contributed by atoms with Crippen LogP contribution in [0.15, 0.2) is 21.9 Å². The van der Waals surface area contributed by atoms with Gasteiger partial charge in [0.25, 0.3) is 5.91 Å². The first-order valence-electron chi connectivity index (χ1n) is 6.91. The standard InChI is InChI=1S/C13H17N5O2S/c14-15-12(19)9-6-10(20-7-9)8-21-13-17-16-11-4-2-1-3-5-18(11)13/h6-7H,1-5,8,14H2,(H,15,19). The minimum absolute atomic E-state index is 0.355. The molecule has 1 aliphatic rings. The lowest BCUT2D eigenvalue weighted by atomic mass is 10.2. The van der Waals surface area contributed by atoms with E-state index in [1.165, 1.54) is 25.5 Å². The molecular weight excluding hydrogens is 290 g/mol. The van der Waals surface area contributed by atoms with Gasteiger partial charge in [0.05, 0.1) is 11.3 Å². The van der Waals surface area contributed by atoms with E-state index in [9.17, 15) is 4.79 Å². The summed E-state index contributed by atoms with van der Waals surface area (Å²) in [5.74, 6) is 7.12. The highest BCUT2D eigenvalue weighted by Crippen LogP contribution is 2.25. The van der Waals surface area contributed by atoms with E-state index in [0.29, 0.717) is 17.1 Å². The smallest absolute Gasteiger partial charge is 0.268 e. The molecule has 2 aromatic rings. The molecule has 0 aliphatic carbocycles. The zero-order valence-corrected chi connectivity index (χ0v) is 12.4. The molecule has 0 aromatic carbocycles. The number of hydrogen-bond acceptors (Lipinski definition) is 6. The van der Waals surface area contributed by atoms with Crippen molar-refractivity contribution >= 4 is 17.7 Å². The maximum atomic E-state index is 11.4. The van der Waals surface area contributed by atoms with Crippen molar-refractivity contribution in [3.05, 3.63) is 29.5 Å². The first-order chi connectivity index (χ1) is 10.3. The van der Waals surface area contributed by atoms with Crippen LogP contribution < -0.4 is 11.3 Å². The van der Waals surface area contributed by atoms with Gasteiger partial charge in [0.15, 0.2) is 5.16 Å². The van der Waals surface area contributed by atoms with Gasteiger partial charge in [-0.3, -0.25) is 10.2 Å². The number of carbonyl (C=O) groups is 1. The van der Waals surface area contributed by atoms with E-state index in [1.54, 1.807) is 17.8 Å². The van der Waals surface area contributed by atoms with Gasteiger partial charge in [-0.2, -0.15) is 0 Å². The number of aryl methyl sites for hydroxylation is 1. The van der Waals surface area contributed by atoms with Crippen LogP contribution >= 0.6 is 11.8 Å². The summed E-state index contributed by atoms with van der Waals surface area (Å²) in [7, 11) is 0. The maximum Gasteiger partial charge on any atom is 0.268 e. The van der Waals surface area contributed by atoms with E-state index in [1.807, 2.05) is 0 Å². The van der Waals surface area contributed by atoms with E-state index in [-0.39, 0.29) is 5.91 Å². The molecule has 112 valence electrons. The third kappa shape index (κ3) is 3.11. The number of nitrogens with zero attached hydrogens (tertiary/aromatic N) is 3.